The van der Waals surface area contributed by atoms with Crippen LogP contribution in [0.3, 0.4) is 0 Å². The summed E-state index contributed by atoms with van der Waals surface area (Å²) >= 11 is 6.08. The lowest BCUT2D eigenvalue weighted by Gasteiger charge is -2.12. The van der Waals surface area contributed by atoms with Crippen molar-refractivity contribution in [1.82, 2.24) is 0 Å². The van der Waals surface area contributed by atoms with E-state index in [1.54, 1.807) is 6.07 Å². The van der Waals surface area contributed by atoms with Gasteiger partial charge in [-0.05, 0) is 36.5 Å². The van der Waals surface area contributed by atoms with Crippen LogP contribution in [0.5, 0.6) is 11.5 Å². The van der Waals surface area contributed by atoms with Gasteiger partial charge in [0.25, 0.3) is 0 Å². The molecule has 2 aliphatic rings. The van der Waals surface area contributed by atoms with Gasteiger partial charge >= 0.3 is 0 Å². The van der Waals surface area contributed by atoms with Crippen molar-refractivity contribution in [2.24, 2.45) is 5.92 Å². The number of benzene rings is 1. The minimum Gasteiger partial charge on any atom is -0.454 e. The Balaban J connectivity index is 1.75. The quantitative estimate of drug-likeness (QED) is 0.896. The number of halogens is 1. The van der Waals surface area contributed by atoms with Crippen molar-refractivity contribution in [3.63, 3.8) is 0 Å². The zero-order valence-corrected chi connectivity index (χ0v) is 10.2. The summed E-state index contributed by atoms with van der Waals surface area (Å²) in [7, 11) is 0. The van der Waals surface area contributed by atoms with E-state index in [1.165, 1.54) is 12.8 Å². The first kappa shape index (κ1) is 11.2. The Morgan fingerprint density at radius 2 is 2.18 bits per heavy atom. The molecule has 0 bridgehead atoms. The fourth-order valence-corrected chi connectivity index (χ4v) is 2.42. The second kappa shape index (κ2) is 4.39. The Morgan fingerprint density at radius 3 is 2.94 bits per heavy atom. The van der Waals surface area contributed by atoms with Crippen LogP contribution in [-0.4, -0.2) is 11.9 Å². The molecule has 0 radical (unpaired) electrons. The average Bonchev–Trinajstić information content (AvgIpc) is 3.02. The van der Waals surface area contributed by atoms with Gasteiger partial charge in [-0.3, -0.25) is 0 Å². The maximum atomic E-state index is 10.1. The van der Waals surface area contributed by atoms with Gasteiger partial charge in [0.1, 0.15) is 0 Å². The minimum atomic E-state index is -0.456. The second-order valence-corrected chi connectivity index (χ2v) is 5.18. The molecule has 4 heteroatoms. The predicted octanol–water partition coefficient (Wildman–Crippen LogP) is 3.29. The standard InChI is InChI=1S/C13H15ClO3/c14-10-5-9(6-12-13(10)17-7-16-12)11(15)4-3-8-1-2-8/h5-6,8,11,15H,1-4,7H2. The Labute approximate surface area is 105 Å². The second-order valence-electron chi connectivity index (χ2n) is 4.77. The molecule has 1 unspecified atom stereocenters. The van der Waals surface area contributed by atoms with E-state index >= 15 is 0 Å². The van der Waals surface area contributed by atoms with Crippen molar-refractivity contribution < 1.29 is 14.6 Å². The first-order chi connectivity index (χ1) is 8.24. The highest BCUT2D eigenvalue weighted by Gasteiger charge is 2.24. The largest absolute Gasteiger partial charge is 0.454 e. The molecule has 92 valence electrons. The molecule has 0 saturated heterocycles. The van der Waals surface area contributed by atoms with Crippen LogP contribution in [0.15, 0.2) is 12.1 Å². The van der Waals surface area contributed by atoms with E-state index in [4.69, 9.17) is 21.1 Å². The van der Waals surface area contributed by atoms with Gasteiger partial charge < -0.3 is 14.6 Å². The molecule has 0 amide bonds. The van der Waals surface area contributed by atoms with Crippen LogP contribution in [-0.2, 0) is 0 Å². The van der Waals surface area contributed by atoms with E-state index in [2.05, 4.69) is 0 Å². The fraction of sp³-hybridized carbons (Fsp3) is 0.538. The highest BCUT2D eigenvalue weighted by atomic mass is 35.5. The third kappa shape index (κ3) is 2.35. The Hall–Kier alpha value is -0.930. The summed E-state index contributed by atoms with van der Waals surface area (Å²) in [6, 6.07) is 3.60. The van der Waals surface area contributed by atoms with Crippen LogP contribution >= 0.6 is 11.6 Å². The molecule has 3 nitrogen and oxygen atoms in total. The fourth-order valence-electron chi connectivity index (χ4n) is 2.15. The summed E-state index contributed by atoms with van der Waals surface area (Å²) < 4.78 is 10.5. The van der Waals surface area contributed by atoms with Crippen molar-refractivity contribution >= 4 is 11.6 Å². The molecule has 0 spiro atoms. The van der Waals surface area contributed by atoms with Crippen molar-refractivity contribution in [1.29, 1.82) is 0 Å². The van der Waals surface area contributed by atoms with Crippen LogP contribution in [0.4, 0.5) is 0 Å². The Morgan fingerprint density at radius 1 is 1.35 bits per heavy atom. The van der Waals surface area contributed by atoms with Crippen LogP contribution in [0, 0.1) is 5.92 Å². The van der Waals surface area contributed by atoms with Crippen molar-refractivity contribution in [2.75, 3.05) is 6.79 Å². The molecule has 1 aromatic carbocycles. The molecule has 17 heavy (non-hydrogen) atoms. The summed E-state index contributed by atoms with van der Waals surface area (Å²) in [6.07, 6.45) is 4.06. The summed E-state index contributed by atoms with van der Waals surface area (Å²) in [5.74, 6) is 2.05. The van der Waals surface area contributed by atoms with Gasteiger partial charge in [-0.2, -0.15) is 0 Å². The number of aliphatic hydroxyl groups is 1. The van der Waals surface area contributed by atoms with Crippen LogP contribution in [0.2, 0.25) is 5.02 Å². The summed E-state index contributed by atoms with van der Waals surface area (Å²) in [6.45, 7) is 0.205. The predicted molar refractivity (Wildman–Crippen MR) is 64.5 cm³/mol. The highest BCUT2D eigenvalue weighted by molar-refractivity contribution is 6.32. The Bertz CT molecular complexity index is 429. The molecule has 1 fully saturated rings. The van der Waals surface area contributed by atoms with Gasteiger partial charge in [0.15, 0.2) is 11.5 Å². The zero-order chi connectivity index (χ0) is 11.8. The van der Waals surface area contributed by atoms with Crippen molar-refractivity contribution in [3.8, 4) is 11.5 Å². The molecule has 1 aromatic rings. The number of rotatable bonds is 4. The molecule has 1 aliphatic carbocycles. The molecule has 1 atom stereocenters. The van der Waals surface area contributed by atoms with Crippen LogP contribution < -0.4 is 9.47 Å². The zero-order valence-electron chi connectivity index (χ0n) is 9.49. The monoisotopic (exact) mass is 254 g/mol. The van der Waals surface area contributed by atoms with E-state index in [0.717, 1.165) is 24.3 Å². The van der Waals surface area contributed by atoms with Crippen molar-refractivity contribution in [2.45, 2.75) is 31.8 Å². The lowest BCUT2D eigenvalue weighted by molar-refractivity contribution is 0.161. The molecule has 1 heterocycles. The molecular formula is C13H15ClO3. The molecule has 1 saturated carbocycles. The van der Waals surface area contributed by atoms with Gasteiger partial charge in [0.05, 0.1) is 11.1 Å². The summed E-state index contributed by atoms with van der Waals surface area (Å²) in [5, 5.41) is 10.6. The third-order valence-corrected chi connectivity index (χ3v) is 3.66. The number of hydrogen-bond acceptors (Lipinski definition) is 3. The van der Waals surface area contributed by atoms with Crippen LogP contribution in [0.25, 0.3) is 0 Å². The lowest BCUT2D eigenvalue weighted by Crippen LogP contribution is -1.98. The van der Waals surface area contributed by atoms with E-state index in [0.29, 0.717) is 16.5 Å². The number of hydrogen-bond donors (Lipinski definition) is 1. The SMILES string of the molecule is OC(CCC1CC1)c1cc(Cl)c2c(c1)OCO2. The molecule has 1 N–H and O–H groups in total. The normalized spacial score (nSPS) is 19.4. The summed E-state index contributed by atoms with van der Waals surface area (Å²) in [4.78, 5) is 0. The topological polar surface area (TPSA) is 38.7 Å². The highest BCUT2D eigenvalue weighted by Crippen LogP contribution is 2.42. The van der Waals surface area contributed by atoms with Crippen molar-refractivity contribution in [3.05, 3.63) is 22.7 Å². The summed E-state index contributed by atoms with van der Waals surface area (Å²) in [5.41, 5.74) is 0.819. The smallest absolute Gasteiger partial charge is 0.231 e. The Kier molecular flexibility index (Phi) is 2.89. The van der Waals surface area contributed by atoms with Gasteiger partial charge in [-0.1, -0.05) is 24.4 Å². The van der Waals surface area contributed by atoms with Crippen LogP contribution in [0.1, 0.15) is 37.4 Å². The first-order valence-electron chi connectivity index (χ1n) is 6.01. The van der Waals surface area contributed by atoms with Gasteiger partial charge in [0, 0.05) is 0 Å². The molecular weight excluding hydrogens is 240 g/mol. The number of fused-ring (bicyclic) bond motifs is 1. The lowest BCUT2D eigenvalue weighted by atomic mass is 10.0. The molecule has 0 aromatic heterocycles. The molecule has 1 aliphatic heterocycles. The van der Waals surface area contributed by atoms with E-state index in [-0.39, 0.29) is 6.79 Å². The molecule has 3 rings (SSSR count). The maximum Gasteiger partial charge on any atom is 0.231 e. The van der Waals surface area contributed by atoms with Gasteiger partial charge in [0.2, 0.25) is 6.79 Å². The van der Waals surface area contributed by atoms with Gasteiger partial charge in [-0.25, -0.2) is 0 Å². The van der Waals surface area contributed by atoms with E-state index in [9.17, 15) is 5.11 Å². The maximum absolute atomic E-state index is 10.1. The number of ether oxygens (including phenoxy) is 2. The first-order valence-corrected chi connectivity index (χ1v) is 6.39. The minimum absolute atomic E-state index is 0.205. The average molecular weight is 255 g/mol. The number of aliphatic hydroxyl groups excluding tert-OH is 1. The van der Waals surface area contributed by atoms with E-state index < -0.39 is 6.10 Å². The third-order valence-electron chi connectivity index (χ3n) is 3.38. The van der Waals surface area contributed by atoms with Gasteiger partial charge in [-0.15, -0.1) is 0 Å². The van der Waals surface area contributed by atoms with E-state index in [1.807, 2.05) is 6.07 Å².